The van der Waals surface area contributed by atoms with E-state index in [-0.39, 0.29) is 53.5 Å². The molecule has 4 heterocycles. The fourth-order valence-corrected chi connectivity index (χ4v) is 17.0. The smallest absolute Gasteiger partial charge is 0.343 e. The normalized spacial score (nSPS) is 15.3. The Morgan fingerprint density at radius 1 is 0.533 bits per heavy atom. The van der Waals surface area contributed by atoms with Crippen molar-refractivity contribution in [2.45, 2.75) is 136 Å². The van der Waals surface area contributed by atoms with Crippen molar-refractivity contribution in [1.82, 2.24) is 9.97 Å². The Labute approximate surface area is 717 Å². The molecule has 1 amide bonds. The lowest BCUT2D eigenvalue weighted by Gasteiger charge is -2.40. The molecule has 12 aromatic rings. The van der Waals surface area contributed by atoms with Crippen LogP contribution >= 0.6 is 22.7 Å². The van der Waals surface area contributed by atoms with Crippen molar-refractivity contribution >= 4 is 117 Å². The summed E-state index contributed by atoms with van der Waals surface area (Å²) in [7, 11) is 0. The molecule has 630 valence electrons. The van der Waals surface area contributed by atoms with Crippen LogP contribution in [0, 0.1) is 25.2 Å². The van der Waals surface area contributed by atoms with E-state index in [9.17, 15) is 29.1 Å². The number of anilines is 2. The van der Waals surface area contributed by atoms with E-state index >= 15 is 0 Å². The predicted molar refractivity (Wildman–Crippen MR) is 476 cm³/mol. The zero-order valence-corrected chi connectivity index (χ0v) is 70.7. The van der Waals surface area contributed by atoms with Crippen LogP contribution in [-0.4, -0.2) is 136 Å². The highest BCUT2D eigenvalue weighted by molar-refractivity contribution is 7.22. The molecular formula is C98H100N6O16S2. The van der Waals surface area contributed by atoms with E-state index in [1.807, 2.05) is 129 Å². The molecule has 3 fully saturated rings. The van der Waals surface area contributed by atoms with Crippen LogP contribution in [0.5, 0.6) is 34.5 Å². The molecule has 122 heavy (non-hydrogen) atoms. The van der Waals surface area contributed by atoms with Crippen molar-refractivity contribution in [3.8, 4) is 34.5 Å². The van der Waals surface area contributed by atoms with Crippen LogP contribution in [-0.2, 0) is 36.6 Å². The zero-order chi connectivity index (χ0) is 84.3. The van der Waals surface area contributed by atoms with E-state index in [2.05, 4.69) is 6.92 Å². The SMILES string of the molecule is CCCC(=O)N(/N=C/c1c(OCCCCCCOCC2(CC)COC2)ccc2cc(C(=O)Oc3ccc(C(=O)Oc4ccc(CCCCc5ccc(OC(=O)c6ccc(OC(=O)c7ccc8cc(OCCCOCC9CCC%10OC%10C9)ccc8c7)c(C)c6)c(/C=N/N(CCO)c6nc7ccccc7s6)c5)cc4C)cc3)ccc12)c1nc2ccccc2s1. The highest BCUT2D eigenvalue weighted by atomic mass is 32.1. The van der Waals surface area contributed by atoms with Gasteiger partial charge in [-0.15, -0.1) is 0 Å². The minimum absolute atomic E-state index is 0.163. The number of aliphatic hydroxyl groups excluding tert-OH is 1. The van der Waals surface area contributed by atoms with E-state index in [4.69, 9.17) is 67.5 Å². The van der Waals surface area contributed by atoms with Crippen LogP contribution < -0.4 is 38.4 Å². The highest BCUT2D eigenvalue weighted by Crippen LogP contribution is 2.41. The molecule has 0 bridgehead atoms. The number of para-hydroxylation sites is 2. The first-order chi connectivity index (χ1) is 59.6. The van der Waals surface area contributed by atoms with E-state index in [0.717, 1.165) is 161 Å². The zero-order valence-electron chi connectivity index (χ0n) is 69.1. The number of fused-ring (bicyclic) bond motifs is 5. The number of amides is 1. The van der Waals surface area contributed by atoms with Crippen molar-refractivity contribution in [2.75, 3.05) is 76.0 Å². The molecule has 2 aromatic heterocycles. The molecule has 24 heteroatoms. The maximum atomic E-state index is 14.1. The maximum absolute atomic E-state index is 14.1. The number of aryl methyl sites for hydroxylation is 4. The van der Waals surface area contributed by atoms with Gasteiger partial charge in [-0.2, -0.15) is 15.2 Å². The summed E-state index contributed by atoms with van der Waals surface area (Å²) in [4.78, 5) is 78.5. The minimum Gasteiger partial charge on any atom is -0.493 e. The molecule has 3 unspecified atom stereocenters. The average molecular weight is 1680 g/mol. The lowest BCUT2D eigenvalue weighted by molar-refractivity contribution is -0.150. The van der Waals surface area contributed by atoms with Gasteiger partial charge in [0, 0.05) is 49.2 Å². The number of esters is 4. The van der Waals surface area contributed by atoms with E-state index in [0.29, 0.717) is 113 Å². The van der Waals surface area contributed by atoms with Gasteiger partial charge in [-0.25, -0.2) is 34.2 Å². The predicted octanol–water partition coefficient (Wildman–Crippen LogP) is 20.0. The molecule has 1 aliphatic carbocycles. The first-order valence-electron chi connectivity index (χ1n) is 42.2. The van der Waals surface area contributed by atoms with Crippen LogP contribution in [0.4, 0.5) is 10.3 Å². The Morgan fingerprint density at radius 2 is 1.12 bits per heavy atom. The molecule has 0 spiro atoms. The van der Waals surface area contributed by atoms with Crippen LogP contribution in [0.1, 0.15) is 172 Å². The second-order valence-electron chi connectivity index (χ2n) is 31.4. The third kappa shape index (κ3) is 22.0. The quantitative estimate of drug-likeness (QED) is 0.00932. The van der Waals surface area contributed by atoms with Crippen LogP contribution in [0.2, 0.25) is 0 Å². The number of aliphatic hydroxyl groups is 1. The summed E-state index contributed by atoms with van der Waals surface area (Å²) < 4.78 is 61.4. The van der Waals surface area contributed by atoms with Gasteiger partial charge in [0.25, 0.3) is 0 Å². The first-order valence-corrected chi connectivity index (χ1v) is 43.8. The maximum Gasteiger partial charge on any atom is 0.343 e. The van der Waals surface area contributed by atoms with Gasteiger partial charge in [-0.05, 0) is 268 Å². The molecule has 1 saturated carbocycles. The van der Waals surface area contributed by atoms with Gasteiger partial charge in [-0.3, -0.25) is 4.79 Å². The molecule has 2 saturated heterocycles. The number of benzene rings is 10. The number of ether oxygens (including phenoxy) is 10. The summed E-state index contributed by atoms with van der Waals surface area (Å²) >= 11 is 2.84. The third-order valence-corrected chi connectivity index (χ3v) is 24.4. The summed E-state index contributed by atoms with van der Waals surface area (Å²) in [6.07, 6.45) is 17.2. The fourth-order valence-electron chi connectivity index (χ4n) is 15.1. The number of hydrogen-bond acceptors (Lipinski definition) is 23. The summed E-state index contributed by atoms with van der Waals surface area (Å²) in [6.45, 7) is 13.1. The second-order valence-corrected chi connectivity index (χ2v) is 33.4. The molecule has 2 aliphatic heterocycles. The van der Waals surface area contributed by atoms with Gasteiger partial charge < -0.3 is 52.5 Å². The van der Waals surface area contributed by atoms with Crippen molar-refractivity contribution < 1.29 is 76.4 Å². The monoisotopic (exact) mass is 1680 g/mol. The Kier molecular flexibility index (Phi) is 28.6. The molecule has 10 aromatic carbocycles. The van der Waals surface area contributed by atoms with Crippen LogP contribution in [0.3, 0.4) is 0 Å². The van der Waals surface area contributed by atoms with Crippen molar-refractivity contribution in [3.63, 3.8) is 0 Å². The molecule has 0 radical (unpaired) electrons. The minimum atomic E-state index is -0.631. The summed E-state index contributed by atoms with van der Waals surface area (Å²) in [5.74, 6) is 0.538. The number of hydrogen-bond donors (Lipinski definition) is 1. The molecular weight excluding hydrogens is 1580 g/mol. The number of hydrazone groups is 2. The summed E-state index contributed by atoms with van der Waals surface area (Å²) in [5, 5.41) is 27.1. The summed E-state index contributed by atoms with van der Waals surface area (Å²) in [5.41, 5.74) is 7.45. The van der Waals surface area contributed by atoms with E-state index in [1.165, 1.54) is 34.1 Å². The highest BCUT2D eigenvalue weighted by Gasteiger charge is 2.44. The number of carbonyl (C=O) groups excluding carboxylic acids is 5. The van der Waals surface area contributed by atoms with Gasteiger partial charge in [0.1, 0.15) is 34.5 Å². The standard InChI is InChI=1S/C98H100N6O16S2/c1-5-18-91(106)104(97-102-82-22-12-14-24-90(82)122-97)100-59-80-79-39-33-75(56-72(79)34-44-86(80)115-49-16-8-7-15-47-112-61-98(6-2)62-113-63-98)93(108)116-77-36-30-69(31-37-77)92(107)118-83-40-25-66(51-64(83)3)19-9-10-20-67-26-41-85(76(53-67)58-99-103(45-46-105)96-101-81-21-11-13-23-89(81)121-96)120-94(109)73-35-43-84(65(4)52-73)119-95(110)74-29-28-71-57-78(38-32-70(71)55-74)114-50-17-48-111-60-68-27-42-87-88(54-68)117-87/h11-14,21-26,28-41,43-44,51-53,55-59,68,87-88,105H,5-10,15-20,27,42,45-50,54,60-63H2,1-4H3/b99-58+,100-59+. The Hall–Kier alpha value is -11.6. The van der Waals surface area contributed by atoms with Gasteiger partial charge in [0.05, 0.1) is 114 Å². The van der Waals surface area contributed by atoms with Crippen molar-refractivity contribution in [3.05, 3.63) is 250 Å². The molecule has 1 N–H and O–H groups in total. The molecule has 22 nitrogen and oxygen atoms in total. The number of epoxide rings is 1. The number of nitrogens with zero attached hydrogens (tertiary/aromatic N) is 6. The number of aromatic nitrogens is 2. The summed E-state index contributed by atoms with van der Waals surface area (Å²) in [6, 6.07) is 58.0. The van der Waals surface area contributed by atoms with Gasteiger partial charge in [-0.1, -0.05) is 110 Å². The van der Waals surface area contributed by atoms with Gasteiger partial charge >= 0.3 is 23.9 Å². The fraction of sp³-hybridized carbons (Fsp3) is 0.337. The van der Waals surface area contributed by atoms with Crippen LogP contribution in [0.15, 0.2) is 204 Å². The van der Waals surface area contributed by atoms with Crippen LogP contribution in [0.25, 0.3) is 42.0 Å². The number of rotatable bonds is 41. The molecule has 15 rings (SSSR count). The molecule has 3 atom stereocenters. The average Bonchev–Trinajstić information content (AvgIpc) is 1.07. The second kappa shape index (κ2) is 40.8. The Bertz CT molecular complexity index is 5710. The number of unbranched alkanes of at least 4 members (excludes halogenated alkanes) is 4. The van der Waals surface area contributed by atoms with E-state index in [1.54, 1.807) is 103 Å². The Balaban J connectivity index is 0.543. The third-order valence-electron chi connectivity index (χ3n) is 22.3. The lowest BCUT2D eigenvalue weighted by atomic mass is 9.84. The topological polar surface area (TPSA) is 258 Å². The first kappa shape index (κ1) is 85.4. The molecule has 3 aliphatic rings. The lowest BCUT2D eigenvalue weighted by Crippen LogP contribution is -2.45. The van der Waals surface area contributed by atoms with Gasteiger partial charge in [0.15, 0.2) is 0 Å². The number of carbonyl (C=O) groups is 5. The van der Waals surface area contributed by atoms with Gasteiger partial charge in [0.2, 0.25) is 16.2 Å². The van der Waals surface area contributed by atoms with Crippen molar-refractivity contribution in [2.24, 2.45) is 21.5 Å². The largest absolute Gasteiger partial charge is 0.493 e. The number of thiazole rings is 2. The van der Waals surface area contributed by atoms with E-state index < -0.39 is 23.9 Å². The Morgan fingerprint density at radius 3 is 1.83 bits per heavy atom. The van der Waals surface area contributed by atoms with Crippen molar-refractivity contribution in [1.29, 1.82) is 0 Å².